The monoisotopic (exact) mass is 370 g/mol. The van der Waals surface area contributed by atoms with Gasteiger partial charge in [-0.1, -0.05) is 18.2 Å². The van der Waals surface area contributed by atoms with Crippen LogP contribution in [0.4, 0.5) is 0 Å². The molecule has 142 valence electrons. The van der Waals surface area contributed by atoms with Gasteiger partial charge in [0.15, 0.2) is 5.96 Å². The molecule has 0 radical (unpaired) electrons. The number of ether oxygens (including phenoxy) is 1. The zero-order chi connectivity index (χ0) is 18.4. The summed E-state index contributed by atoms with van der Waals surface area (Å²) in [6, 6.07) is 9.71. The van der Waals surface area contributed by atoms with Gasteiger partial charge in [-0.2, -0.15) is 0 Å². The van der Waals surface area contributed by atoms with E-state index < -0.39 is 10.0 Å². The van der Waals surface area contributed by atoms with E-state index in [9.17, 15) is 8.42 Å². The van der Waals surface area contributed by atoms with E-state index in [1.165, 1.54) is 0 Å². The first-order chi connectivity index (χ1) is 12.1. The Morgan fingerprint density at radius 3 is 2.52 bits per heavy atom. The van der Waals surface area contributed by atoms with Gasteiger partial charge in [-0.25, -0.2) is 13.1 Å². The lowest BCUT2D eigenvalue weighted by atomic mass is 10.3. The maximum absolute atomic E-state index is 11.3. The van der Waals surface area contributed by atoms with Crippen LogP contribution < -0.4 is 20.1 Å². The van der Waals surface area contributed by atoms with E-state index in [1.807, 2.05) is 37.3 Å². The first kappa shape index (κ1) is 21.2. The average molecular weight is 371 g/mol. The van der Waals surface area contributed by atoms with E-state index in [1.54, 1.807) is 6.92 Å². The highest BCUT2D eigenvalue weighted by molar-refractivity contribution is 7.89. The van der Waals surface area contributed by atoms with Crippen LogP contribution in [0.15, 0.2) is 35.3 Å². The van der Waals surface area contributed by atoms with Crippen LogP contribution in [0.5, 0.6) is 5.75 Å². The van der Waals surface area contributed by atoms with Crippen molar-refractivity contribution >= 4 is 16.0 Å². The highest BCUT2D eigenvalue weighted by atomic mass is 32.2. The van der Waals surface area contributed by atoms with E-state index in [2.05, 4.69) is 20.3 Å². The maximum atomic E-state index is 11.3. The zero-order valence-electron chi connectivity index (χ0n) is 15.1. The van der Waals surface area contributed by atoms with Crippen LogP contribution in [0.1, 0.15) is 26.7 Å². The van der Waals surface area contributed by atoms with Crippen LogP contribution in [-0.4, -0.2) is 52.9 Å². The quantitative estimate of drug-likeness (QED) is 0.293. The molecule has 1 aromatic rings. The Hall–Kier alpha value is -1.80. The highest BCUT2D eigenvalue weighted by Crippen LogP contribution is 2.08. The number of para-hydroxylation sites is 1. The van der Waals surface area contributed by atoms with Crippen molar-refractivity contribution in [1.82, 2.24) is 15.4 Å². The topological polar surface area (TPSA) is 91.8 Å². The lowest BCUT2D eigenvalue weighted by Crippen LogP contribution is -2.39. The Labute approximate surface area is 151 Å². The van der Waals surface area contributed by atoms with Crippen molar-refractivity contribution in [2.24, 2.45) is 4.99 Å². The van der Waals surface area contributed by atoms with Gasteiger partial charge in [0.05, 0.1) is 12.4 Å². The Bertz CT molecular complexity index is 591. The van der Waals surface area contributed by atoms with Crippen LogP contribution in [0, 0.1) is 0 Å². The average Bonchev–Trinajstić information content (AvgIpc) is 2.62. The molecule has 0 heterocycles. The van der Waals surface area contributed by atoms with Crippen LogP contribution in [0.3, 0.4) is 0 Å². The van der Waals surface area contributed by atoms with Crippen molar-refractivity contribution in [2.45, 2.75) is 26.7 Å². The molecule has 0 bridgehead atoms. The van der Waals surface area contributed by atoms with E-state index in [-0.39, 0.29) is 5.75 Å². The second-order valence-electron chi connectivity index (χ2n) is 5.35. The molecule has 0 saturated carbocycles. The standard InChI is InChI=1S/C17H30N4O3S/c1-3-18-17(19-12-8-14-21-25(22,23)4-2)20-13-9-15-24-16-10-6-5-7-11-16/h5-7,10-11,21H,3-4,8-9,12-15H2,1-2H3,(H2,18,19,20). The van der Waals surface area contributed by atoms with Crippen LogP contribution >= 0.6 is 0 Å². The van der Waals surface area contributed by atoms with Gasteiger partial charge in [-0.3, -0.25) is 4.99 Å². The fourth-order valence-electron chi connectivity index (χ4n) is 1.93. The predicted octanol–water partition coefficient (Wildman–Crippen LogP) is 1.34. The molecule has 1 rings (SSSR count). The fraction of sp³-hybridized carbons (Fsp3) is 0.588. The number of rotatable bonds is 12. The molecule has 0 aliphatic rings. The van der Waals surface area contributed by atoms with Gasteiger partial charge in [0.25, 0.3) is 0 Å². The molecule has 8 heteroatoms. The Kier molecular flexibility index (Phi) is 10.7. The summed E-state index contributed by atoms with van der Waals surface area (Å²) in [5.74, 6) is 1.71. The third kappa shape index (κ3) is 10.6. The molecule has 0 aliphatic heterocycles. The fourth-order valence-corrected chi connectivity index (χ4v) is 2.59. The summed E-state index contributed by atoms with van der Waals surface area (Å²) in [6.45, 7) is 6.75. The van der Waals surface area contributed by atoms with Crippen molar-refractivity contribution in [2.75, 3.05) is 38.5 Å². The minimum Gasteiger partial charge on any atom is -0.494 e. The Morgan fingerprint density at radius 1 is 1.08 bits per heavy atom. The number of benzene rings is 1. The number of aliphatic imine (C=N–C) groups is 1. The van der Waals surface area contributed by atoms with Gasteiger partial charge in [0, 0.05) is 32.6 Å². The second kappa shape index (κ2) is 12.5. The number of guanidine groups is 1. The third-order valence-electron chi connectivity index (χ3n) is 3.28. The molecule has 7 nitrogen and oxygen atoms in total. The summed E-state index contributed by atoms with van der Waals surface area (Å²) < 4.78 is 30.8. The predicted molar refractivity (Wildman–Crippen MR) is 103 cm³/mol. The lowest BCUT2D eigenvalue weighted by molar-refractivity contribution is 0.313. The molecule has 3 N–H and O–H groups in total. The SMILES string of the molecule is CCNC(=NCCCOc1ccccc1)NCCCNS(=O)(=O)CC. The first-order valence-corrected chi connectivity index (χ1v) is 10.4. The first-order valence-electron chi connectivity index (χ1n) is 8.74. The minimum atomic E-state index is -3.11. The molecule has 0 unspecified atom stereocenters. The zero-order valence-corrected chi connectivity index (χ0v) is 15.9. The maximum Gasteiger partial charge on any atom is 0.211 e. The minimum absolute atomic E-state index is 0.107. The van der Waals surface area contributed by atoms with Crippen LogP contribution in [0.2, 0.25) is 0 Å². The molecule has 25 heavy (non-hydrogen) atoms. The van der Waals surface area contributed by atoms with Crippen LogP contribution in [-0.2, 0) is 10.0 Å². The lowest BCUT2D eigenvalue weighted by Gasteiger charge is -2.11. The van der Waals surface area contributed by atoms with E-state index in [0.717, 1.165) is 24.7 Å². The second-order valence-corrected chi connectivity index (χ2v) is 7.45. The third-order valence-corrected chi connectivity index (χ3v) is 4.68. The van der Waals surface area contributed by atoms with Crippen molar-refractivity contribution in [3.63, 3.8) is 0 Å². The smallest absolute Gasteiger partial charge is 0.211 e. The van der Waals surface area contributed by atoms with E-state index in [0.29, 0.717) is 32.7 Å². The van der Waals surface area contributed by atoms with Crippen molar-refractivity contribution in [3.05, 3.63) is 30.3 Å². The van der Waals surface area contributed by atoms with Gasteiger partial charge in [0.2, 0.25) is 10.0 Å². The van der Waals surface area contributed by atoms with Gasteiger partial charge in [-0.05, 0) is 32.4 Å². The van der Waals surface area contributed by atoms with E-state index in [4.69, 9.17) is 4.74 Å². The summed E-state index contributed by atoms with van der Waals surface area (Å²) in [4.78, 5) is 4.48. The molecule has 0 fully saturated rings. The summed E-state index contributed by atoms with van der Waals surface area (Å²) >= 11 is 0. The molecule has 1 aromatic carbocycles. The number of nitrogens with zero attached hydrogens (tertiary/aromatic N) is 1. The summed E-state index contributed by atoms with van der Waals surface area (Å²) in [5.41, 5.74) is 0. The van der Waals surface area contributed by atoms with Crippen molar-refractivity contribution in [3.8, 4) is 5.75 Å². The van der Waals surface area contributed by atoms with Crippen molar-refractivity contribution in [1.29, 1.82) is 0 Å². The molecular formula is C17H30N4O3S. The Balaban J connectivity index is 2.20. The van der Waals surface area contributed by atoms with Gasteiger partial charge < -0.3 is 15.4 Å². The summed E-state index contributed by atoms with van der Waals surface area (Å²) in [5, 5.41) is 6.37. The van der Waals surface area contributed by atoms with Crippen LogP contribution in [0.25, 0.3) is 0 Å². The molecule has 0 aliphatic carbocycles. The molecule has 0 aromatic heterocycles. The number of sulfonamides is 1. The number of hydrogen-bond donors (Lipinski definition) is 3. The molecule has 0 spiro atoms. The van der Waals surface area contributed by atoms with Gasteiger partial charge in [0.1, 0.15) is 5.75 Å². The molecule has 0 amide bonds. The van der Waals surface area contributed by atoms with Crippen molar-refractivity contribution < 1.29 is 13.2 Å². The number of hydrogen-bond acceptors (Lipinski definition) is 4. The molecular weight excluding hydrogens is 340 g/mol. The van der Waals surface area contributed by atoms with Gasteiger partial charge >= 0.3 is 0 Å². The highest BCUT2D eigenvalue weighted by Gasteiger charge is 2.04. The Morgan fingerprint density at radius 2 is 1.84 bits per heavy atom. The normalized spacial score (nSPS) is 12.0. The molecule has 0 atom stereocenters. The van der Waals surface area contributed by atoms with E-state index >= 15 is 0 Å². The van der Waals surface area contributed by atoms with Gasteiger partial charge in [-0.15, -0.1) is 0 Å². The largest absolute Gasteiger partial charge is 0.494 e. The summed E-state index contributed by atoms with van der Waals surface area (Å²) in [7, 11) is -3.11. The summed E-state index contributed by atoms with van der Waals surface area (Å²) in [6.07, 6.45) is 1.52. The number of nitrogens with one attached hydrogen (secondary N) is 3. The molecule has 0 saturated heterocycles.